The molecule has 2 aromatic heterocycles. The number of anilines is 4. The summed E-state index contributed by atoms with van der Waals surface area (Å²) in [6.07, 6.45) is 3.75. The topological polar surface area (TPSA) is 60.4 Å². The summed E-state index contributed by atoms with van der Waals surface area (Å²) in [7, 11) is 5.88. The fourth-order valence-corrected chi connectivity index (χ4v) is 4.53. The molecule has 0 saturated carbocycles. The molecule has 2 fully saturated rings. The van der Waals surface area contributed by atoms with Crippen LogP contribution in [0.5, 0.6) is 0 Å². The van der Waals surface area contributed by atoms with Crippen molar-refractivity contribution in [2.24, 2.45) is 0 Å². The van der Waals surface area contributed by atoms with Gasteiger partial charge in [-0.2, -0.15) is 0 Å². The summed E-state index contributed by atoms with van der Waals surface area (Å²) in [5.74, 6) is 0.101. The van der Waals surface area contributed by atoms with Crippen LogP contribution in [0.15, 0.2) is 42.7 Å². The average Bonchev–Trinajstić information content (AvgIpc) is 3.35. The zero-order chi connectivity index (χ0) is 22.4. The highest BCUT2D eigenvalue weighted by Crippen LogP contribution is 2.36. The lowest BCUT2D eigenvalue weighted by Gasteiger charge is -2.33. The number of rotatable bonds is 5. The summed E-state index contributed by atoms with van der Waals surface area (Å²) in [6, 6.07) is 9.41. The number of likely N-dealkylation sites (N-methyl/N-ethyl adjacent to an activating group) is 1. The van der Waals surface area contributed by atoms with E-state index in [1.165, 1.54) is 6.07 Å². The van der Waals surface area contributed by atoms with Crippen LogP contribution >= 0.6 is 0 Å². The number of halogens is 2. The summed E-state index contributed by atoms with van der Waals surface area (Å²) in [5.41, 5.74) is 1.79. The number of hydrogen-bond acceptors (Lipinski definition) is 7. The summed E-state index contributed by atoms with van der Waals surface area (Å²) in [5, 5.41) is 2.99. The Kier molecular flexibility index (Phi) is 5.13. The SMILES string of the molecule is CN(C)c1ccc(-c2nc(Nc3ccc(N4CC5CC4CN5C)c(F)c3)ncc2F)cn1. The van der Waals surface area contributed by atoms with Crippen LogP contribution in [0.2, 0.25) is 0 Å². The van der Waals surface area contributed by atoms with Crippen molar-refractivity contribution in [3.05, 3.63) is 54.4 Å². The molecule has 2 saturated heterocycles. The minimum Gasteiger partial charge on any atom is -0.363 e. The first-order valence-electron chi connectivity index (χ1n) is 10.6. The number of likely N-dealkylation sites (tertiary alicyclic amines) is 1. The van der Waals surface area contributed by atoms with Gasteiger partial charge in [0.2, 0.25) is 5.95 Å². The second-order valence-corrected chi connectivity index (χ2v) is 8.62. The maximum Gasteiger partial charge on any atom is 0.227 e. The molecule has 7 nitrogen and oxygen atoms in total. The van der Waals surface area contributed by atoms with Gasteiger partial charge in [0.1, 0.15) is 17.3 Å². The summed E-state index contributed by atoms with van der Waals surface area (Å²) >= 11 is 0. The maximum absolute atomic E-state index is 14.9. The number of nitrogens with zero attached hydrogens (tertiary/aromatic N) is 6. The molecular weight excluding hydrogens is 412 g/mol. The third-order valence-electron chi connectivity index (χ3n) is 6.25. The molecule has 1 N–H and O–H groups in total. The highest BCUT2D eigenvalue weighted by atomic mass is 19.1. The molecule has 4 heterocycles. The zero-order valence-corrected chi connectivity index (χ0v) is 18.3. The molecule has 3 aromatic rings. The van der Waals surface area contributed by atoms with Crippen LogP contribution in [0.3, 0.4) is 0 Å². The third-order valence-corrected chi connectivity index (χ3v) is 6.25. The van der Waals surface area contributed by atoms with E-state index in [-0.39, 0.29) is 17.5 Å². The molecule has 2 atom stereocenters. The van der Waals surface area contributed by atoms with Gasteiger partial charge in [-0.1, -0.05) is 0 Å². The predicted octanol–water partition coefficient (Wildman–Crippen LogP) is 3.52. The van der Waals surface area contributed by atoms with Crippen molar-refractivity contribution in [1.29, 1.82) is 0 Å². The minimum atomic E-state index is -0.550. The van der Waals surface area contributed by atoms with E-state index < -0.39 is 5.82 Å². The fraction of sp³-hybridized carbons (Fsp3) is 0.348. The van der Waals surface area contributed by atoms with Crippen molar-refractivity contribution < 1.29 is 8.78 Å². The Hall–Kier alpha value is -3.33. The second-order valence-electron chi connectivity index (χ2n) is 8.62. The van der Waals surface area contributed by atoms with Gasteiger partial charge in [-0.15, -0.1) is 0 Å². The van der Waals surface area contributed by atoms with Crippen LogP contribution in [0.1, 0.15) is 6.42 Å². The smallest absolute Gasteiger partial charge is 0.227 e. The van der Waals surface area contributed by atoms with E-state index in [0.29, 0.717) is 29.0 Å². The van der Waals surface area contributed by atoms with Crippen LogP contribution in [-0.2, 0) is 0 Å². The molecule has 2 bridgehead atoms. The van der Waals surface area contributed by atoms with Gasteiger partial charge in [-0.05, 0) is 43.8 Å². The first-order valence-corrected chi connectivity index (χ1v) is 10.6. The Labute approximate surface area is 185 Å². The van der Waals surface area contributed by atoms with E-state index in [4.69, 9.17) is 0 Å². The van der Waals surface area contributed by atoms with Crippen LogP contribution in [-0.4, -0.2) is 66.2 Å². The molecule has 0 aliphatic carbocycles. The Morgan fingerprint density at radius 1 is 1.00 bits per heavy atom. The van der Waals surface area contributed by atoms with Gasteiger partial charge in [0.05, 0.1) is 11.9 Å². The number of fused-ring (bicyclic) bond motifs is 2. The summed E-state index contributed by atoms with van der Waals surface area (Å²) < 4.78 is 29.3. The van der Waals surface area contributed by atoms with Gasteiger partial charge in [0.15, 0.2) is 5.82 Å². The van der Waals surface area contributed by atoms with E-state index in [1.807, 2.05) is 19.0 Å². The Bertz CT molecular complexity index is 1130. The number of pyridine rings is 1. The highest BCUT2D eigenvalue weighted by molar-refractivity contribution is 5.65. The number of nitrogens with one attached hydrogen (secondary N) is 1. The van der Waals surface area contributed by atoms with Gasteiger partial charge in [-0.3, -0.25) is 4.90 Å². The van der Waals surface area contributed by atoms with Crippen molar-refractivity contribution in [3.8, 4) is 11.3 Å². The van der Waals surface area contributed by atoms with Crippen LogP contribution in [0.25, 0.3) is 11.3 Å². The van der Waals surface area contributed by atoms with E-state index in [2.05, 4.69) is 37.1 Å². The number of hydrogen-bond donors (Lipinski definition) is 1. The molecule has 2 aliphatic heterocycles. The molecular formula is C23H25F2N7. The van der Waals surface area contributed by atoms with E-state index >= 15 is 0 Å². The van der Waals surface area contributed by atoms with Crippen LogP contribution in [0, 0.1) is 11.6 Å². The minimum absolute atomic E-state index is 0.134. The van der Waals surface area contributed by atoms with Crippen molar-refractivity contribution in [2.75, 3.05) is 49.3 Å². The monoisotopic (exact) mass is 437 g/mol. The second kappa shape index (κ2) is 7.98. The van der Waals surface area contributed by atoms with Gasteiger partial charge >= 0.3 is 0 Å². The maximum atomic E-state index is 14.9. The van der Waals surface area contributed by atoms with Crippen molar-refractivity contribution in [1.82, 2.24) is 19.9 Å². The van der Waals surface area contributed by atoms with Crippen LogP contribution < -0.4 is 15.1 Å². The number of benzene rings is 1. The molecule has 5 rings (SSSR count). The molecule has 0 radical (unpaired) electrons. The lowest BCUT2D eigenvalue weighted by atomic mass is 10.2. The number of piperazine rings is 1. The molecule has 2 aliphatic rings. The zero-order valence-electron chi connectivity index (χ0n) is 18.3. The average molecular weight is 437 g/mol. The Balaban J connectivity index is 1.35. The summed E-state index contributed by atoms with van der Waals surface area (Å²) in [4.78, 5) is 19.0. The molecule has 1 aromatic carbocycles. The molecule has 166 valence electrons. The normalized spacial score (nSPS) is 20.1. The first-order chi connectivity index (χ1) is 15.4. The van der Waals surface area contributed by atoms with Crippen molar-refractivity contribution in [2.45, 2.75) is 18.5 Å². The molecule has 9 heteroatoms. The van der Waals surface area contributed by atoms with Gasteiger partial charge in [0.25, 0.3) is 0 Å². The Morgan fingerprint density at radius 3 is 2.47 bits per heavy atom. The van der Waals surface area contributed by atoms with Crippen molar-refractivity contribution >= 4 is 23.1 Å². The van der Waals surface area contributed by atoms with Crippen molar-refractivity contribution in [3.63, 3.8) is 0 Å². The largest absolute Gasteiger partial charge is 0.363 e. The summed E-state index contributed by atoms with van der Waals surface area (Å²) in [6.45, 7) is 1.80. The highest BCUT2D eigenvalue weighted by Gasteiger charge is 2.42. The van der Waals surface area contributed by atoms with Gasteiger partial charge in [-0.25, -0.2) is 23.7 Å². The molecule has 2 unspecified atom stereocenters. The fourth-order valence-electron chi connectivity index (χ4n) is 4.53. The van der Waals surface area contributed by atoms with E-state index in [1.54, 1.807) is 30.5 Å². The predicted molar refractivity (Wildman–Crippen MR) is 121 cm³/mol. The number of aromatic nitrogens is 3. The standard InChI is InChI=1S/C23H25F2N7/c1-30(2)21-7-4-14(10-26-21)22-19(25)11-27-23(29-22)28-15-5-6-20(18(24)8-15)32-13-16-9-17(32)12-31(16)3/h4-8,10-11,16-17H,9,12-13H2,1-3H3,(H,27,28,29). The van der Waals surface area contributed by atoms with Gasteiger partial charge < -0.3 is 15.1 Å². The molecule has 32 heavy (non-hydrogen) atoms. The van der Waals surface area contributed by atoms with E-state index in [0.717, 1.165) is 31.5 Å². The molecule has 0 spiro atoms. The first kappa shape index (κ1) is 20.6. The Morgan fingerprint density at radius 2 is 1.84 bits per heavy atom. The molecule has 0 amide bonds. The quantitative estimate of drug-likeness (QED) is 0.655. The lowest BCUT2D eigenvalue weighted by Crippen LogP contribution is -2.44. The van der Waals surface area contributed by atoms with Crippen LogP contribution in [0.4, 0.5) is 31.9 Å². The van der Waals surface area contributed by atoms with Gasteiger partial charge in [0, 0.05) is 56.7 Å². The lowest BCUT2D eigenvalue weighted by molar-refractivity contribution is 0.292. The third kappa shape index (κ3) is 3.73. The van der Waals surface area contributed by atoms with E-state index in [9.17, 15) is 8.78 Å².